The van der Waals surface area contributed by atoms with Crippen molar-refractivity contribution in [3.8, 4) is 11.8 Å². The van der Waals surface area contributed by atoms with Gasteiger partial charge in [0.2, 0.25) is 0 Å². The molecule has 26 heavy (non-hydrogen) atoms. The van der Waals surface area contributed by atoms with Crippen LogP contribution in [-0.2, 0) is 0 Å². The maximum absolute atomic E-state index is 13.8. The number of benzene rings is 2. The standard InChI is InChI=1S/C20H19FN2O3/c1-26-18-6-5-15(21)10-17(18)19(14-8-16(24)9-14)23-20(25)13-4-2-3-12(7-13)11-22/h2-7,10,14,16,19,24H,8-9H2,1H3,(H,23,25)/t14?,16?,19-/m0/s1. The van der Waals surface area contributed by atoms with Gasteiger partial charge in [0, 0.05) is 11.1 Å². The monoisotopic (exact) mass is 354 g/mol. The quantitative estimate of drug-likeness (QED) is 0.865. The number of nitriles is 1. The van der Waals surface area contributed by atoms with E-state index in [0.717, 1.165) is 0 Å². The number of methoxy groups -OCH3 is 1. The number of hydrogen-bond acceptors (Lipinski definition) is 4. The largest absolute Gasteiger partial charge is 0.496 e. The van der Waals surface area contributed by atoms with Gasteiger partial charge in [-0.1, -0.05) is 6.07 Å². The Bertz CT molecular complexity index is 856. The first kappa shape index (κ1) is 17.9. The second kappa shape index (κ2) is 7.54. The lowest BCUT2D eigenvalue weighted by Gasteiger charge is -2.38. The number of rotatable bonds is 5. The van der Waals surface area contributed by atoms with Crippen molar-refractivity contribution < 1.29 is 19.0 Å². The van der Waals surface area contributed by atoms with E-state index in [1.54, 1.807) is 18.2 Å². The lowest BCUT2D eigenvalue weighted by atomic mass is 9.74. The van der Waals surface area contributed by atoms with Crippen LogP contribution in [0.5, 0.6) is 5.75 Å². The molecule has 0 aromatic heterocycles. The predicted molar refractivity (Wildman–Crippen MR) is 93.0 cm³/mol. The first-order valence-electron chi connectivity index (χ1n) is 8.34. The van der Waals surface area contributed by atoms with Crippen molar-refractivity contribution in [2.75, 3.05) is 7.11 Å². The van der Waals surface area contributed by atoms with Crippen molar-refractivity contribution in [3.05, 3.63) is 65.0 Å². The fraction of sp³-hybridized carbons (Fsp3) is 0.300. The van der Waals surface area contributed by atoms with E-state index in [-0.39, 0.29) is 11.8 Å². The molecule has 1 atom stereocenters. The number of halogens is 1. The van der Waals surface area contributed by atoms with Gasteiger partial charge < -0.3 is 15.2 Å². The highest BCUT2D eigenvalue weighted by Crippen LogP contribution is 2.41. The van der Waals surface area contributed by atoms with E-state index >= 15 is 0 Å². The number of nitrogens with zero attached hydrogens (tertiary/aromatic N) is 1. The second-order valence-corrected chi connectivity index (χ2v) is 6.42. The smallest absolute Gasteiger partial charge is 0.251 e. The first-order chi connectivity index (χ1) is 12.5. The van der Waals surface area contributed by atoms with Crippen LogP contribution in [0.15, 0.2) is 42.5 Å². The Labute approximate surface area is 151 Å². The van der Waals surface area contributed by atoms with Gasteiger partial charge in [-0.15, -0.1) is 0 Å². The lowest BCUT2D eigenvalue weighted by Crippen LogP contribution is -2.41. The second-order valence-electron chi connectivity index (χ2n) is 6.42. The minimum atomic E-state index is -0.498. The minimum Gasteiger partial charge on any atom is -0.496 e. The Kier molecular flexibility index (Phi) is 5.19. The summed E-state index contributed by atoms with van der Waals surface area (Å²) >= 11 is 0. The van der Waals surface area contributed by atoms with Crippen LogP contribution < -0.4 is 10.1 Å². The van der Waals surface area contributed by atoms with E-state index < -0.39 is 18.0 Å². The van der Waals surface area contributed by atoms with E-state index in [1.807, 2.05) is 6.07 Å². The molecule has 5 nitrogen and oxygen atoms in total. The van der Waals surface area contributed by atoms with Gasteiger partial charge in [0.05, 0.1) is 30.9 Å². The molecule has 1 amide bonds. The van der Waals surface area contributed by atoms with E-state index in [0.29, 0.717) is 35.3 Å². The molecule has 134 valence electrons. The van der Waals surface area contributed by atoms with Crippen LogP contribution in [0.1, 0.15) is 40.4 Å². The summed E-state index contributed by atoms with van der Waals surface area (Å²) < 4.78 is 19.1. The third-order valence-corrected chi connectivity index (χ3v) is 4.69. The van der Waals surface area contributed by atoms with Crippen molar-refractivity contribution >= 4 is 5.91 Å². The average molecular weight is 354 g/mol. The molecule has 1 aliphatic rings. The Balaban J connectivity index is 1.91. The number of ether oxygens (including phenoxy) is 1. The van der Waals surface area contributed by atoms with Crippen molar-refractivity contribution in [2.24, 2.45) is 5.92 Å². The molecule has 0 bridgehead atoms. The fourth-order valence-corrected chi connectivity index (χ4v) is 3.25. The summed E-state index contributed by atoms with van der Waals surface area (Å²) in [5, 5.41) is 21.6. The van der Waals surface area contributed by atoms with Gasteiger partial charge in [-0.25, -0.2) is 4.39 Å². The van der Waals surface area contributed by atoms with Gasteiger partial charge in [0.1, 0.15) is 11.6 Å². The van der Waals surface area contributed by atoms with Crippen LogP contribution in [0.2, 0.25) is 0 Å². The van der Waals surface area contributed by atoms with Gasteiger partial charge in [-0.05, 0) is 55.2 Å². The summed E-state index contributed by atoms with van der Waals surface area (Å²) in [4.78, 5) is 12.7. The molecule has 0 heterocycles. The normalized spacial score (nSPS) is 19.8. The molecule has 1 fully saturated rings. The lowest BCUT2D eigenvalue weighted by molar-refractivity contribution is 0.0231. The maximum atomic E-state index is 13.8. The highest BCUT2D eigenvalue weighted by Gasteiger charge is 2.37. The Morgan fingerprint density at radius 1 is 1.35 bits per heavy atom. The third-order valence-electron chi connectivity index (χ3n) is 4.69. The van der Waals surface area contributed by atoms with Crippen molar-refractivity contribution in [3.63, 3.8) is 0 Å². The number of aliphatic hydroxyl groups is 1. The highest BCUT2D eigenvalue weighted by molar-refractivity contribution is 5.94. The summed E-state index contributed by atoms with van der Waals surface area (Å²) in [6.07, 6.45) is 0.618. The summed E-state index contributed by atoms with van der Waals surface area (Å²) in [6.45, 7) is 0. The summed E-state index contributed by atoms with van der Waals surface area (Å²) in [5.74, 6) is -0.334. The molecule has 6 heteroatoms. The van der Waals surface area contributed by atoms with Gasteiger partial charge in [-0.2, -0.15) is 5.26 Å². The molecule has 0 aliphatic heterocycles. The van der Waals surface area contributed by atoms with Gasteiger partial charge >= 0.3 is 0 Å². The minimum absolute atomic E-state index is 0.0243. The zero-order valence-corrected chi connectivity index (χ0v) is 14.3. The number of hydrogen-bond donors (Lipinski definition) is 2. The SMILES string of the molecule is COc1ccc(F)cc1[C@@H](NC(=O)c1cccc(C#N)c1)C1CC(O)C1. The molecule has 2 aromatic carbocycles. The molecular formula is C20H19FN2O3. The molecule has 0 spiro atoms. The van der Waals surface area contributed by atoms with Crippen LogP contribution in [0, 0.1) is 23.1 Å². The molecule has 0 saturated heterocycles. The summed E-state index contributed by atoms with van der Waals surface area (Å²) in [6, 6.07) is 12.0. The van der Waals surface area contributed by atoms with E-state index in [9.17, 15) is 14.3 Å². The van der Waals surface area contributed by atoms with Crippen LogP contribution in [0.4, 0.5) is 4.39 Å². The summed E-state index contributed by atoms with van der Waals surface area (Å²) in [7, 11) is 1.49. The third kappa shape index (κ3) is 3.68. The van der Waals surface area contributed by atoms with Crippen LogP contribution in [-0.4, -0.2) is 24.2 Å². The number of aliphatic hydroxyl groups excluding tert-OH is 1. The first-order valence-corrected chi connectivity index (χ1v) is 8.34. The van der Waals surface area contributed by atoms with E-state index in [2.05, 4.69) is 5.32 Å². The van der Waals surface area contributed by atoms with E-state index in [4.69, 9.17) is 10.00 Å². The molecular weight excluding hydrogens is 335 g/mol. The highest BCUT2D eigenvalue weighted by atomic mass is 19.1. The zero-order valence-electron chi connectivity index (χ0n) is 14.3. The predicted octanol–water partition coefficient (Wildman–Crippen LogP) is 2.95. The summed E-state index contributed by atoms with van der Waals surface area (Å²) in [5.41, 5.74) is 1.27. The van der Waals surface area contributed by atoms with Crippen LogP contribution in [0.3, 0.4) is 0 Å². The molecule has 0 radical (unpaired) electrons. The molecule has 2 N–H and O–H groups in total. The Morgan fingerprint density at radius 3 is 2.77 bits per heavy atom. The number of amides is 1. The molecule has 1 aliphatic carbocycles. The fourth-order valence-electron chi connectivity index (χ4n) is 3.25. The van der Waals surface area contributed by atoms with Crippen LogP contribution >= 0.6 is 0 Å². The van der Waals surface area contributed by atoms with Crippen molar-refractivity contribution in [2.45, 2.75) is 25.0 Å². The molecule has 3 rings (SSSR count). The Hall–Kier alpha value is -2.91. The zero-order chi connectivity index (χ0) is 18.7. The number of carbonyl (C=O) groups is 1. The van der Waals surface area contributed by atoms with E-state index in [1.165, 1.54) is 31.4 Å². The molecule has 0 unspecified atom stereocenters. The van der Waals surface area contributed by atoms with Crippen molar-refractivity contribution in [1.82, 2.24) is 5.32 Å². The van der Waals surface area contributed by atoms with Gasteiger partial charge in [0.15, 0.2) is 0 Å². The number of nitrogens with one attached hydrogen (secondary N) is 1. The van der Waals surface area contributed by atoms with Gasteiger partial charge in [-0.3, -0.25) is 4.79 Å². The molecule has 1 saturated carbocycles. The maximum Gasteiger partial charge on any atom is 0.251 e. The average Bonchev–Trinajstić information content (AvgIpc) is 2.63. The Morgan fingerprint density at radius 2 is 2.12 bits per heavy atom. The van der Waals surface area contributed by atoms with Gasteiger partial charge in [0.25, 0.3) is 5.91 Å². The topological polar surface area (TPSA) is 82.3 Å². The number of carbonyl (C=O) groups excluding carboxylic acids is 1. The van der Waals surface area contributed by atoms with Crippen molar-refractivity contribution in [1.29, 1.82) is 5.26 Å². The molecule has 2 aromatic rings. The van der Waals surface area contributed by atoms with Crippen LogP contribution in [0.25, 0.3) is 0 Å².